The third kappa shape index (κ3) is 1.13. The summed E-state index contributed by atoms with van der Waals surface area (Å²) < 4.78 is 11.4. The normalized spacial score (nSPS) is 51.2. The van der Waals surface area contributed by atoms with Crippen LogP contribution in [0.25, 0.3) is 0 Å². The number of hydrogen-bond donors (Lipinski definition) is 0. The van der Waals surface area contributed by atoms with Gasteiger partial charge in [0.2, 0.25) is 5.60 Å². The topological polar surface area (TPSA) is 52.6 Å². The fourth-order valence-electron chi connectivity index (χ4n) is 5.00. The van der Waals surface area contributed by atoms with Crippen LogP contribution in [0, 0.1) is 17.3 Å². The Kier molecular flexibility index (Phi) is 2.40. The smallest absolute Gasteiger partial charge is 0.351 e. The van der Waals surface area contributed by atoms with Gasteiger partial charge in [0.05, 0.1) is 11.3 Å². The second-order valence-electron chi connectivity index (χ2n) is 6.47. The van der Waals surface area contributed by atoms with Crippen LogP contribution in [-0.2, 0) is 19.1 Å². The van der Waals surface area contributed by atoms with E-state index >= 15 is 0 Å². The van der Waals surface area contributed by atoms with Crippen LogP contribution in [0.4, 0.5) is 0 Å². The van der Waals surface area contributed by atoms with Crippen molar-refractivity contribution in [2.75, 3.05) is 0 Å². The third-order valence-electron chi connectivity index (χ3n) is 6.00. The molecular formula is C15H22O4. The van der Waals surface area contributed by atoms with Gasteiger partial charge < -0.3 is 9.47 Å². The van der Waals surface area contributed by atoms with Crippen LogP contribution in [0.15, 0.2) is 0 Å². The lowest BCUT2D eigenvalue weighted by Gasteiger charge is -2.30. The van der Waals surface area contributed by atoms with E-state index in [1.54, 1.807) is 0 Å². The first kappa shape index (κ1) is 12.9. The molecule has 3 fully saturated rings. The van der Waals surface area contributed by atoms with Crippen LogP contribution in [0.3, 0.4) is 0 Å². The van der Waals surface area contributed by atoms with Crippen molar-refractivity contribution in [1.82, 2.24) is 0 Å². The molecule has 0 aromatic heterocycles. The van der Waals surface area contributed by atoms with Crippen molar-refractivity contribution >= 4 is 11.9 Å². The Hall–Kier alpha value is -1.06. The predicted octanol–water partition coefficient (Wildman–Crippen LogP) is 2.45. The lowest BCUT2D eigenvalue weighted by molar-refractivity contribution is -0.171. The van der Waals surface area contributed by atoms with Gasteiger partial charge in [0.1, 0.15) is 5.60 Å². The Bertz CT molecular complexity index is 459. The van der Waals surface area contributed by atoms with Crippen LogP contribution < -0.4 is 0 Å². The summed E-state index contributed by atoms with van der Waals surface area (Å²) in [4.78, 5) is 24.8. The van der Waals surface area contributed by atoms with Gasteiger partial charge in [0, 0.05) is 0 Å². The molecule has 0 radical (unpaired) electrons. The number of carbonyl (C=O) groups excluding carboxylic acids is 2. The summed E-state index contributed by atoms with van der Waals surface area (Å²) in [5, 5.41) is 0. The van der Waals surface area contributed by atoms with Gasteiger partial charge in [-0.1, -0.05) is 27.2 Å². The predicted molar refractivity (Wildman–Crippen MR) is 68.2 cm³/mol. The van der Waals surface area contributed by atoms with E-state index in [4.69, 9.17) is 9.47 Å². The highest BCUT2D eigenvalue weighted by molar-refractivity contribution is 5.94. The fraction of sp³-hybridized carbons (Fsp3) is 0.867. The van der Waals surface area contributed by atoms with Crippen LogP contribution >= 0.6 is 0 Å². The molecule has 0 spiro atoms. The van der Waals surface area contributed by atoms with E-state index < -0.39 is 16.6 Å². The number of carbonyl (C=O) groups is 2. The lowest BCUT2D eigenvalue weighted by Crippen LogP contribution is -2.44. The maximum atomic E-state index is 12.5. The summed E-state index contributed by atoms with van der Waals surface area (Å²) in [5.41, 5.74) is -2.08. The van der Waals surface area contributed by atoms with Crippen LogP contribution in [0.2, 0.25) is 0 Å². The van der Waals surface area contributed by atoms with Gasteiger partial charge in [-0.25, -0.2) is 4.79 Å². The summed E-state index contributed by atoms with van der Waals surface area (Å²) >= 11 is 0. The van der Waals surface area contributed by atoms with E-state index in [0.29, 0.717) is 6.42 Å². The maximum Gasteiger partial charge on any atom is 0.351 e. The van der Waals surface area contributed by atoms with Crippen molar-refractivity contribution in [1.29, 1.82) is 0 Å². The Balaban J connectivity index is 2.21. The molecule has 0 aromatic carbocycles. The van der Waals surface area contributed by atoms with Crippen molar-refractivity contribution in [3.05, 3.63) is 0 Å². The first-order valence-corrected chi connectivity index (χ1v) is 7.38. The second-order valence-corrected chi connectivity index (χ2v) is 6.47. The molecule has 19 heavy (non-hydrogen) atoms. The number of rotatable bonds is 3. The minimum Gasteiger partial charge on any atom is -0.456 e. The molecule has 3 aliphatic rings. The van der Waals surface area contributed by atoms with E-state index in [1.807, 2.05) is 20.8 Å². The van der Waals surface area contributed by atoms with Gasteiger partial charge >= 0.3 is 11.9 Å². The fourth-order valence-corrected chi connectivity index (χ4v) is 5.00. The number of hydrogen-bond acceptors (Lipinski definition) is 4. The largest absolute Gasteiger partial charge is 0.456 e. The second kappa shape index (κ2) is 3.53. The van der Waals surface area contributed by atoms with E-state index in [0.717, 1.165) is 19.3 Å². The van der Waals surface area contributed by atoms with Crippen molar-refractivity contribution in [2.24, 2.45) is 17.3 Å². The standard InChI is InChI=1S/C15H22O4/c1-5-9-8-14(6-2)10-13(9,4)11(16)19-15(10,7-3)12(17)18-14/h9-10H,5-8H2,1-4H3/t9-,10+,13+,14-,15+/m1/s1. The molecule has 0 N–H and O–H groups in total. The van der Waals surface area contributed by atoms with Gasteiger partial charge in [-0.15, -0.1) is 0 Å². The van der Waals surface area contributed by atoms with E-state index in [2.05, 4.69) is 6.92 Å². The van der Waals surface area contributed by atoms with Gasteiger partial charge in [-0.05, 0) is 32.1 Å². The monoisotopic (exact) mass is 266 g/mol. The van der Waals surface area contributed by atoms with E-state index in [-0.39, 0.29) is 23.8 Å². The SMILES string of the molecule is CC[C@@H]1C[C@@]2(CC)OC(=O)[C@@]3(CC)OC(=O)[C@]1(C)[C@@H]23. The van der Waals surface area contributed by atoms with E-state index in [9.17, 15) is 9.59 Å². The molecule has 106 valence electrons. The van der Waals surface area contributed by atoms with Gasteiger partial charge in [0.15, 0.2) is 0 Å². The zero-order valence-electron chi connectivity index (χ0n) is 12.1. The highest BCUT2D eigenvalue weighted by atomic mass is 16.6. The molecule has 2 heterocycles. The van der Waals surface area contributed by atoms with Crippen molar-refractivity contribution < 1.29 is 19.1 Å². The molecule has 0 amide bonds. The molecule has 2 aliphatic heterocycles. The molecule has 0 bridgehead atoms. The molecule has 3 rings (SSSR count). The summed E-state index contributed by atoms with van der Waals surface area (Å²) in [6, 6.07) is 0. The molecule has 0 aromatic rings. The molecule has 2 saturated heterocycles. The van der Waals surface area contributed by atoms with Crippen LogP contribution in [0.5, 0.6) is 0 Å². The summed E-state index contributed by atoms with van der Waals surface area (Å²) in [7, 11) is 0. The highest BCUT2D eigenvalue weighted by Gasteiger charge is 2.82. The minimum atomic E-state index is -1.02. The molecule has 4 heteroatoms. The molecule has 4 nitrogen and oxygen atoms in total. The Morgan fingerprint density at radius 3 is 2.32 bits per heavy atom. The first-order chi connectivity index (χ1) is 8.91. The molecule has 1 saturated carbocycles. The highest BCUT2D eigenvalue weighted by Crippen LogP contribution is 2.69. The Labute approximate surface area is 113 Å². The summed E-state index contributed by atoms with van der Waals surface area (Å²) in [5.74, 6) is -0.398. The zero-order chi connectivity index (χ0) is 14.1. The van der Waals surface area contributed by atoms with Gasteiger partial charge in [-0.3, -0.25) is 4.79 Å². The molecular weight excluding hydrogens is 244 g/mol. The van der Waals surface area contributed by atoms with Crippen molar-refractivity contribution in [3.8, 4) is 0 Å². The molecule has 5 atom stereocenters. The maximum absolute atomic E-state index is 12.5. The molecule has 0 unspecified atom stereocenters. The number of ether oxygens (including phenoxy) is 2. The average molecular weight is 266 g/mol. The third-order valence-corrected chi connectivity index (χ3v) is 6.00. The van der Waals surface area contributed by atoms with E-state index in [1.165, 1.54) is 0 Å². The number of esters is 2. The Morgan fingerprint density at radius 1 is 1.11 bits per heavy atom. The first-order valence-electron chi connectivity index (χ1n) is 7.38. The minimum absolute atomic E-state index is 0.118. The van der Waals surface area contributed by atoms with Crippen molar-refractivity contribution in [3.63, 3.8) is 0 Å². The quantitative estimate of drug-likeness (QED) is 0.736. The zero-order valence-corrected chi connectivity index (χ0v) is 12.1. The molecule has 1 aliphatic carbocycles. The average Bonchev–Trinajstić information content (AvgIpc) is 2.90. The van der Waals surface area contributed by atoms with Gasteiger partial charge in [-0.2, -0.15) is 0 Å². The van der Waals surface area contributed by atoms with Crippen molar-refractivity contribution in [2.45, 2.75) is 64.6 Å². The lowest BCUT2D eigenvalue weighted by atomic mass is 9.66. The van der Waals surface area contributed by atoms with Gasteiger partial charge in [0.25, 0.3) is 0 Å². The Morgan fingerprint density at radius 2 is 1.79 bits per heavy atom. The van der Waals surface area contributed by atoms with Crippen LogP contribution in [0.1, 0.15) is 53.4 Å². The summed E-state index contributed by atoms with van der Waals surface area (Å²) in [6.45, 7) is 8.03. The van der Waals surface area contributed by atoms with Crippen LogP contribution in [-0.4, -0.2) is 23.1 Å². The summed E-state index contributed by atoms with van der Waals surface area (Å²) in [6.07, 6.45) is 2.98.